The minimum absolute atomic E-state index is 0.0174. The molecule has 1 heterocycles. The number of nitrogen functional groups attached to an aromatic ring is 1. The fourth-order valence-electron chi connectivity index (χ4n) is 2.33. The molecule has 0 aliphatic heterocycles. The first kappa shape index (κ1) is 15.0. The maximum Gasteiger partial charge on any atom is 0.254 e. The van der Waals surface area contributed by atoms with Crippen molar-refractivity contribution < 1.29 is 4.79 Å². The molecule has 110 valence electrons. The lowest BCUT2D eigenvalue weighted by Gasteiger charge is -2.21. The molecular weight excluding hydrogens is 262 g/mol. The largest absolute Gasteiger partial charge is 0.399 e. The molecular formula is C17H21N3O. The number of nitrogens with two attached hydrogens (primary N) is 1. The minimum Gasteiger partial charge on any atom is -0.399 e. The summed E-state index contributed by atoms with van der Waals surface area (Å²) < 4.78 is 0. The normalized spacial score (nSPS) is 10.4. The van der Waals surface area contributed by atoms with E-state index in [2.05, 4.69) is 4.98 Å². The van der Waals surface area contributed by atoms with Crippen LogP contribution in [0.15, 0.2) is 36.4 Å². The van der Waals surface area contributed by atoms with Crippen molar-refractivity contribution in [3.63, 3.8) is 0 Å². The molecule has 1 aromatic heterocycles. The fourth-order valence-corrected chi connectivity index (χ4v) is 2.33. The number of anilines is 1. The molecule has 2 N–H and O–H groups in total. The van der Waals surface area contributed by atoms with Gasteiger partial charge in [-0.1, -0.05) is 6.07 Å². The summed E-state index contributed by atoms with van der Waals surface area (Å²) in [5, 5.41) is 0. The smallest absolute Gasteiger partial charge is 0.254 e. The summed E-state index contributed by atoms with van der Waals surface area (Å²) in [7, 11) is 0. The van der Waals surface area contributed by atoms with E-state index in [1.807, 2.05) is 51.1 Å². The zero-order valence-electron chi connectivity index (χ0n) is 12.8. The molecule has 0 saturated carbocycles. The Labute approximate surface area is 125 Å². The number of carbonyl (C=O) groups excluding carboxylic acids is 1. The lowest BCUT2D eigenvalue weighted by molar-refractivity contribution is 0.0750. The summed E-state index contributed by atoms with van der Waals surface area (Å²) >= 11 is 0. The molecule has 0 unspecified atom stereocenters. The Morgan fingerprint density at radius 3 is 2.62 bits per heavy atom. The molecule has 1 amide bonds. The highest BCUT2D eigenvalue weighted by molar-refractivity contribution is 5.95. The number of rotatable bonds is 4. The van der Waals surface area contributed by atoms with E-state index in [4.69, 9.17) is 5.73 Å². The Hall–Kier alpha value is -2.36. The maximum absolute atomic E-state index is 12.6. The molecule has 0 fully saturated rings. The van der Waals surface area contributed by atoms with Crippen molar-refractivity contribution in [1.82, 2.24) is 9.88 Å². The molecule has 1 aromatic carbocycles. The number of nitrogens with zero attached hydrogens (tertiary/aromatic N) is 2. The van der Waals surface area contributed by atoms with Crippen LogP contribution in [0.1, 0.15) is 34.2 Å². The van der Waals surface area contributed by atoms with Crippen LogP contribution >= 0.6 is 0 Å². The van der Waals surface area contributed by atoms with E-state index in [1.165, 1.54) is 0 Å². The number of hydrogen-bond acceptors (Lipinski definition) is 3. The van der Waals surface area contributed by atoms with Crippen LogP contribution in [0.25, 0.3) is 0 Å². The average molecular weight is 283 g/mol. The first-order valence-electron chi connectivity index (χ1n) is 7.08. The van der Waals surface area contributed by atoms with E-state index in [0.29, 0.717) is 24.3 Å². The fraction of sp³-hybridized carbons (Fsp3) is 0.294. The first-order chi connectivity index (χ1) is 9.99. The molecule has 0 bridgehead atoms. The Bertz CT molecular complexity index is 632. The highest BCUT2D eigenvalue weighted by Gasteiger charge is 2.15. The van der Waals surface area contributed by atoms with E-state index in [-0.39, 0.29) is 5.91 Å². The summed E-state index contributed by atoms with van der Waals surface area (Å²) in [6.07, 6.45) is 0. The van der Waals surface area contributed by atoms with Crippen molar-refractivity contribution in [2.45, 2.75) is 27.3 Å². The van der Waals surface area contributed by atoms with Crippen LogP contribution in [0.3, 0.4) is 0 Å². The van der Waals surface area contributed by atoms with Crippen LogP contribution in [0.4, 0.5) is 5.69 Å². The molecule has 0 saturated heterocycles. The number of carbonyl (C=O) groups is 1. The van der Waals surface area contributed by atoms with E-state index in [9.17, 15) is 4.79 Å². The number of aromatic nitrogens is 1. The molecule has 2 rings (SSSR count). The zero-order valence-corrected chi connectivity index (χ0v) is 12.8. The Morgan fingerprint density at radius 2 is 2.00 bits per heavy atom. The predicted octanol–water partition coefficient (Wildman–Crippen LogP) is 2.94. The van der Waals surface area contributed by atoms with Gasteiger partial charge in [-0.2, -0.15) is 0 Å². The molecule has 2 aromatic rings. The lowest BCUT2D eigenvalue weighted by atomic mass is 10.1. The number of aryl methyl sites for hydroxylation is 2. The van der Waals surface area contributed by atoms with E-state index in [1.54, 1.807) is 11.0 Å². The average Bonchev–Trinajstić information content (AvgIpc) is 2.43. The van der Waals surface area contributed by atoms with Gasteiger partial charge >= 0.3 is 0 Å². The number of amides is 1. The van der Waals surface area contributed by atoms with Crippen molar-refractivity contribution in [2.24, 2.45) is 0 Å². The van der Waals surface area contributed by atoms with Gasteiger partial charge in [-0.3, -0.25) is 9.78 Å². The second-order valence-corrected chi connectivity index (χ2v) is 5.22. The van der Waals surface area contributed by atoms with Gasteiger partial charge in [0.25, 0.3) is 5.91 Å². The summed E-state index contributed by atoms with van der Waals surface area (Å²) in [6.45, 7) is 6.98. The Balaban J connectivity index is 2.22. The molecule has 0 aliphatic rings. The van der Waals surface area contributed by atoms with Crippen LogP contribution in [-0.4, -0.2) is 22.3 Å². The van der Waals surface area contributed by atoms with Gasteiger partial charge in [-0.25, -0.2) is 0 Å². The first-order valence-corrected chi connectivity index (χ1v) is 7.08. The summed E-state index contributed by atoms with van der Waals surface area (Å²) in [5.41, 5.74) is 9.91. The summed E-state index contributed by atoms with van der Waals surface area (Å²) in [4.78, 5) is 18.8. The van der Waals surface area contributed by atoms with Crippen LogP contribution in [0.5, 0.6) is 0 Å². The lowest BCUT2D eigenvalue weighted by Crippen LogP contribution is -2.30. The minimum atomic E-state index is -0.0174. The summed E-state index contributed by atoms with van der Waals surface area (Å²) in [5.74, 6) is -0.0174. The molecule has 0 aliphatic carbocycles. The quantitative estimate of drug-likeness (QED) is 0.878. The van der Waals surface area contributed by atoms with Crippen molar-refractivity contribution in [3.05, 3.63) is 58.9 Å². The number of pyridine rings is 1. The van der Waals surface area contributed by atoms with E-state index in [0.717, 1.165) is 17.0 Å². The second kappa shape index (κ2) is 6.39. The predicted molar refractivity (Wildman–Crippen MR) is 85.0 cm³/mol. The second-order valence-electron chi connectivity index (χ2n) is 5.22. The zero-order chi connectivity index (χ0) is 15.4. The monoisotopic (exact) mass is 283 g/mol. The Morgan fingerprint density at radius 1 is 1.24 bits per heavy atom. The van der Waals surface area contributed by atoms with Crippen LogP contribution < -0.4 is 5.73 Å². The van der Waals surface area contributed by atoms with Gasteiger partial charge in [0.1, 0.15) is 0 Å². The summed E-state index contributed by atoms with van der Waals surface area (Å²) in [6, 6.07) is 11.3. The third-order valence-electron chi connectivity index (χ3n) is 3.31. The van der Waals surface area contributed by atoms with Crippen LogP contribution in [0.2, 0.25) is 0 Å². The van der Waals surface area contributed by atoms with Crippen molar-refractivity contribution >= 4 is 11.6 Å². The van der Waals surface area contributed by atoms with Crippen LogP contribution in [0, 0.1) is 13.8 Å². The van der Waals surface area contributed by atoms with Gasteiger partial charge in [0.05, 0.1) is 12.2 Å². The van der Waals surface area contributed by atoms with Crippen molar-refractivity contribution in [2.75, 3.05) is 12.3 Å². The highest BCUT2D eigenvalue weighted by atomic mass is 16.2. The standard InChI is InChI=1S/C17H21N3O/c1-4-20(11-16-7-5-6-13(3)19-16)17(21)14-8-12(2)9-15(18)10-14/h5-10H,4,11,18H2,1-3H3. The number of hydrogen-bond donors (Lipinski definition) is 1. The van der Waals surface area contributed by atoms with Gasteiger partial charge < -0.3 is 10.6 Å². The third kappa shape index (κ3) is 3.81. The SMILES string of the molecule is CCN(Cc1cccc(C)n1)C(=O)c1cc(C)cc(N)c1. The van der Waals surface area contributed by atoms with E-state index >= 15 is 0 Å². The number of benzene rings is 1. The molecule has 4 nitrogen and oxygen atoms in total. The topological polar surface area (TPSA) is 59.2 Å². The van der Waals surface area contributed by atoms with Gasteiger partial charge in [-0.15, -0.1) is 0 Å². The molecule has 0 radical (unpaired) electrons. The highest BCUT2D eigenvalue weighted by Crippen LogP contribution is 2.15. The molecule has 0 spiro atoms. The van der Waals surface area contributed by atoms with Crippen molar-refractivity contribution in [3.8, 4) is 0 Å². The van der Waals surface area contributed by atoms with Gasteiger partial charge in [-0.05, 0) is 56.7 Å². The maximum atomic E-state index is 12.6. The Kier molecular flexibility index (Phi) is 4.58. The molecule has 0 atom stereocenters. The molecule has 4 heteroatoms. The van der Waals surface area contributed by atoms with Crippen molar-refractivity contribution in [1.29, 1.82) is 0 Å². The van der Waals surface area contributed by atoms with Gasteiger partial charge in [0, 0.05) is 23.5 Å². The molecule has 21 heavy (non-hydrogen) atoms. The van der Waals surface area contributed by atoms with Crippen LogP contribution in [-0.2, 0) is 6.54 Å². The van der Waals surface area contributed by atoms with Gasteiger partial charge in [0.15, 0.2) is 0 Å². The third-order valence-corrected chi connectivity index (χ3v) is 3.31. The van der Waals surface area contributed by atoms with Gasteiger partial charge in [0.2, 0.25) is 0 Å². The van der Waals surface area contributed by atoms with E-state index < -0.39 is 0 Å².